The Balaban J connectivity index is 1.54. The fourth-order valence-electron chi connectivity index (χ4n) is 3.28. The molecule has 2 heterocycles. The highest BCUT2D eigenvalue weighted by Crippen LogP contribution is 2.32. The van der Waals surface area contributed by atoms with Crippen molar-refractivity contribution in [2.45, 2.75) is 25.3 Å². The Morgan fingerprint density at radius 3 is 2.71 bits per heavy atom. The Labute approximate surface area is 172 Å². The first-order chi connectivity index (χ1) is 13.6. The van der Waals surface area contributed by atoms with Gasteiger partial charge in [-0.2, -0.15) is 4.98 Å². The molecule has 1 atom stereocenters. The molecule has 1 aromatic heterocycles. The molecular weight excluding hydrogens is 399 g/mol. The van der Waals surface area contributed by atoms with Crippen LogP contribution in [0.3, 0.4) is 0 Å². The molecule has 2 aromatic carbocycles. The van der Waals surface area contributed by atoms with Gasteiger partial charge in [-0.05, 0) is 61.7 Å². The van der Waals surface area contributed by atoms with Crippen molar-refractivity contribution in [2.24, 2.45) is 0 Å². The summed E-state index contributed by atoms with van der Waals surface area (Å²) in [6, 6.07) is 13.8. The lowest BCUT2D eigenvalue weighted by atomic mass is 10.0. The summed E-state index contributed by atoms with van der Waals surface area (Å²) in [5.74, 6) is 0.915. The van der Waals surface area contributed by atoms with Crippen LogP contribution in [0, 0.1) is 0 Å². The molecule has 1 aliphatic heterocycles. The minimum absolute atomic E-state index is 0.210. The summed E-state index contributed by atoms with van der Waals surface area (Å²) >= 11 is 11.9. The standard InChI is InChI=1S/C20H18Cl2N4O2/c21-14-9-7-13(8-10-14)18-24-19(28-25-18)17-6-1-2-11-26(17)20(27)23-16-5-3-4-15(22)12-16/h3-5,7-10,12,17H,1-2,6,11H2,(H,23,27)/t17-/m0/s1. The number of amides is 2. The monoisotopic (exact) mass is 416 g/mol. The van der Waals surface area contributed by atoms with Gasteiger partial charge in [0.15, 0.2) is 0 Å². The van der Waals surface area contributed by atoms with E-state index in [-0.39, 0.29) is 12.1 Å². The highest BCUT2D eigenvalue weighted by atomic mass is 35.5. The number of carbonyl (C=O) groups excluding carboxylic acids is 1. The van der Waals surface area contributed by atoms with Crippen LogP contribution in [0.2, 0.25) is 10.0 Å². The third-order valence-electron chi connectivity index (χ3n) is 4.67. The van der Waals surface area contributed by atoms with E-state index in [1.54, 1.807) is 41.3 Å². The molecule has 1 aliphatic rings. The predicted molar refractivity (Wildman–Crippen MR) is 109 cm³/mol. The van der Waals surface area contributed by atoms with E-state index in [4.69, 9.17) is 27.7 Å². The second-order valence-corrected chi connectivity index (χ2v) is 7.48. The molecule has 0 spiro atoms. The van der Waals surface area contributed by atoms with Gasteiger partial charge in [0.05, 0.1) is 0 Å². The van der Waals surface area contributed by atoms with Crippen LogP contribution in [0.4, 0.5) is 10.5 Å². The molecule has 3 aromatic rings. The Bertz CT molecular complexity index is 974. The maximum absolute atomic E-state index is 12.8. The zero-order valence-electron chi connectivity index (χ0n) is 14.9. The average Bonchev–Trinajstić information content (AvgIpc) is 3.18. The lowest BCUT2D eigenvalue weighted by molar-refractivity contribution is 0.142. The molecule has 0 bridgehead atoms. The Morgan fingerprint density at radius 1 is 1.11 bits per heavy atom. The molecular formula is C20H18Cl2N4O2. The van der Waals surface area contributed by atoms with Crippen molar-refractivity contribution in [3.63, 3.8) is 0 Å². The van der Waals surface area contributed by atoms with Crippen LogP contribution in [0.15, 0.2) is 53.1 Å². The lowest BCUT2D eigenvalue weighted by Gasteiger charge is -2.33. The van der Waals surface area contributed by atoms with Crippen molar-refractivity contribution in [1.29, 1.82) is 0 Å². The van der Waals surface area contributed by atoms with Gasteiger partial charge in [-0.25, -0.2) is 4.79 Å². The topological polar surface area (TPSA) is 71.3 Å². The Morgan fingerprint density at radius 2 is 1.93 bits per heavy atom. The minimum atomic E-state index is -0.263. The lowest BCUT2D eigenvalue weighted by Crippen LogP contribution is -2.41. The van der Waals surface area contributed by atoms with Crippen molar-refractivity contribution < 1.29 is 9.32 Å². The molecule has 6 nitrogen and oxygen atoms in total. The molecule has 1 N–H and O–H groups in total. The first-order valence-corrected chi connectivity index (χ1v) is 9.78. The van der Waals surface area contributed by atoms with Gasteiger partial charge < -0.3 is 14.7 Å². The highest BCUT2D eigenvalue weighted by Gasteiger charge is 2.32. The molecule has 0 unspecified atom stereocenters. The number of benzene rings is 2. The molecule has 1 fully saturated rings. The van der Waals surface area contributed by atoms with E-state index in [1.165, 1.54) is 0 Å². The quantitative estimate of drug-likeness (QED) is 0.585. The van der Waals surface area contributed by atoms with Crippen molar-refractivity contribution >= 4 is 34.9 Å². The normalized spacial score (nSPS) is 16.8. The van der Waals surface area contributed by atoms with Crippen molar-refractivity contribution in [2.75, 3.05) is 11.9 Å². The van der Waals surface area contributed by atoms with E-state index in [0.717, 1.165) is 24.8 Å². The molecule has 1 saturated heterocycles. The van der Waals surface area contributed by atoms with Gasteiger partial charge in [0.1, 0.15) is 6.04 Å². The van der Waals surface area contributed by atoms with Crippen molar-refractivity contribution in [1.82, 2.24) is 15.0 Å². The fraction of sp³-hybridized carbons (Fsp3) is 0.250. The first-order valence-electron chi connectivity index (χ1n) is 9.03. The van der Waals surface area contributed by atoms with Crippen LogP contribution in [0.5, 0.6) is 0 Å². The largest absolute Gasteiger partial charge is 0.337 e. The number of anilines is 1. The average molecular weight is 417 g/mol. The van der Waals surface area contributed by atoms with Gasteiger partial charge in [-0.1, -0.05) is 34.4 Å². The summed E-state index contributed by atoms with van der Waals surface area (Å²) < 4.78 is 5.50. The third-order valence-corrected chi connectivity index (χ3v) is 5.16. The number of urea groups is 1. The minimum Gasteiger partial charge on any atom is -0.337 e. The third kappa shape index (κ3) is 4.13. The van der Waals surface area contributed by atoms with Crippen LogP contribution < -0.4 is 5.32 Å². The zero-order chi connectivity index (χ0) is 19.5. The van der Waals surface area contributed by atoms with Gasteiger partial charge in [-0.15, -0.1) is 0 Å². The molecule has 2 amide bonds. The summed E-state index contributed by atoms with van der Waals surface area (Å²) in [5.41, 5.74) is 1.46. The summed E-state index contributed by atoms with van der Waals surface area (Å²) in [6.07, 6.45) is 2.69. The van der Waals surface area contributed by atoms with Crippen molar-refractivity contribution in [3.8, 4) is 11.4 Å². The molecule has 28 heavy (non-hydrogen) atoms. The number of rotatable bonds is 3. The number of piperidine rings is 1. The molecule has 0 radical (unpaired) electrons. The smallest absolute Gasteiger partial charge is 0.322 e. The number of halogens is 2. The maximum atomic E-state index is 12.8. The number of likely N-dealkylation sites (tertiary alicyclic amines) is 1. The molecule has 0 aliphatic carbocycles. The van der Waals surface area contributed by atoms with Crippen LogP contribution in [-0.4, -0.2) is 27.6 Å². The highest BCUT2D eigenvalue weighted by molar-refractivity contribution is 6.31. The van der Waals surface area contributed by atoms with Gasteiger partial charge in [0, 0.05) is 27.8 Å². The maximum Gasteiger partial charge on any atom is 0.322 e. The number of aromatic nitrogens is 2. The zero-order valence-corrected chi connectivity index (χ0v) is 16.5. The van der Waals surface area contributed by atoms with Crippen LogP contribution in [-0.2, 0) is 0 Å². The van der Waals surface area contributed by atoms with E-state index in [0.29, 0.717) is 34.0 Å². The molecule has 8 heteroatoms. The molecule has 144 valence electrons. The predicted octanol–water partition coefficient (Wildman–Crippen LogP) is 5.80. The van der Waals surface area contributed by atoms with Gasteiger partial charge in [-0.3, -0.25) is 0 Å². The van der Waals surface area contributed by atoms with Gasteiger partial charge in [0.25, 0.3) is 0 Å². The first kappa shape index (κ1) is 18.8. The van der Waals surface area contributed by atoms with E-state index in [9.17, 15) is 4.79 Å². The fourth-order valence-corrected chi connectivity index (χ4v) is 3.60. The number of nitrogens with zero attached hydrogens (tertiary/aromatic N) is 3. The van der Waals surface area contributed by atoms with E-state index in [1.807, 2.05) is 12.1 Å². The van der Waals surface area contributed by atoms with Crippen LogP contribution in [0.25, 0.3) is 11.4 Å². The van der Waals surface area contributed by atoms with Crippen molar-refractivity contribution in [3.05, 3.63) is 64.5 Å². The van der Waals surface area contributed by atoms with E-state index >= 15 is 0 Å². The molecule has 0 saturated carbocycles. The Kier molecular flexibility index (Phi) is 5.50. The van der Waals surface area contributed by atoms with E-state index < -0.39 is 0 Å². The van der Waals surface area contributed by atoms with Gasteiger partial charge in [0.2, 0.25) is 11.7 Å². The van der Waals surface area contributed by atoms with Crippen LogP contribution in [0.1, 0.15) is 31.2 Å². The Hall–Kier alpha value is -2.57. The summed E-state index contributed by atoms with van der Waals surface area (Å²) in [7, 11) is 0. The number of carbonyl (C=O) groups is 1. The summed E-state index contributed by atoms with van der Waals surface area (Å²) in [6.45, 7) is 0.621. The second-order valence-electron chi connectivity index (χ2n) is 6.61. The number of hydrogen-bond donors (Lipinski definition) is 1. The van der Waals surface area contributed by atoms with E-state index in [2.05, 4.69) is 15.5 Å². The second kappa shape index (κ2) is 8.20. The SMILES string of the molecule is O=C(Nc1cccc(Cl)c1)N1CCCC[C@H]1c1nc(-c2ccc(Cl)cc2)no1. The molecule has 4 rings (SSSR count). The number of nitrogens with one attached hydrogen (secondary N) is 1. The van der Waals surface area contributed by atoms with Crippen LogP contribution >= 0.6 is 23.2 Å². The summed E-state index contributed by atoms with van der Waals surface area (Å²) in [4.78, 5) is 19.1. The summed E-state index contributed by atoms with van der Waals surface area (Å²) in [5, 5.41) is 8.18. The van der Waals surface area contributed by atoms with Gasteiger partial charge >= 0.3 is 6.03 Å². The number of hydrogen-bond acceptors (Lipinski definition) is 4.